The number of furan rings is 1. The van der Waals surface area contributed by atoms with Gasteiger partial charge in [-0.15, -0.1) is 11.3 Å². The van der Waals surface area contributed by atoms with Crippen molar-refractivity contribution in [2.75, 3.05) is 4.90 Å². The van der Waals surface area contributed by atoms with Gasteiger partial charge in [-0.1, -0.05) is 98.8 Å². The maximum Gasteiger partial charge on any atom is 0.135 e. The van der Waals surface area contributed by atoms with Crippen LogP contribution in [0.3, 0.4) is 0 Å². The van der Waals surface area contributed by atoms with E-state index in [0.29, 0.717) is 0 Å². The molecular weight excluding hydrogens is 749 g/mol. The number of pyridine rings is 1. The second kappa shape index (κ2) is 12.4. The quantitative estimate of drug-likeness (QED) is 0.166. The third-order valence-corrected chi connectivity index (χ3v) is 14.2. The second-order valence-corrected chi connectivity index (χ2v) is 17.8. The number of anilines is 3. The van der Waals surface area contributed by atoms with Crippen LogP contribution in [0.5, 0.6) is 0 Å². The van der Waals surface area contributed by atoms with Crippen molar-refractivity contribution in [3.05, 3.63) is 193 Å². The number of thiophene rings is 1. The van der Waals surface area contributed by atoms with Crippen LogP contribution in [0.25, 0.3) is 96.8 Å². The van der Waals surface area contributed by atoms with E-state index in [2.05, 4.69) is 188 Å². The summed E-state index contributed by atoms with van der Waals surface area (Å²) in [7, 11) is 0. The number of hydrogen-bond donors (Lipinski definition) is 0. The van der Waals surface area contributed by atoms with E-state index >= 15 is 0 Å². The Morgan fingerprint density at radius 1 is 0.433 bits per heavy atom. The van der Waals surface area contributed by atoms with Crippen molar-refractivity contribution in [1.82, 2.24) is 4.98 Å². The Hall–Kier alpha value is -7.27. The zero-order valence-electron chi connectivity index (χ0n) is 33.0. The van der Waals surface area contributed by atoms with E-state index in [0.717, 1.165) is 50.3 Å². The minimum atomic E-state index is -0.142. The van der Waals surface area contributed by atoms with Gasteiger partial charge in [-0.3, -0.25) is 4.98 Å². The Morgan fingerprint density at radius 2 is 1.05 bits per heavy atom. The average molecular weight is 785 g/mol. The van der Waals surface area contributed by atoms with Crippen molar-refractivity contribution in [3.8, 4) is 22.4 Å². The van der Waals surface area contributed by atoms with Crippen molar-refractivity contribution in [3.63, 3.8) is 0 Å². The summed E-state index contributed by atoms with van der Waals surface area (Å²) >= 11 is 1.88. The molecule has 3 heterocycles. The highest BCUT2D eigenvalue weighted by atomic mass is 32.1. The highest BCUT2D eigenvalue weighted by Crippen LogP contribution is 2.51. The lowest BCUT2D eigenvalue weighted by molar-refractivity contribution is 0.660. The first-order valence-corrected chi connectivity index (χ1v) is 21.4. The fourth-order valence-corrected chi connectivity index (χ4v) is 11.3. The van der Waals surface area contributed by atoms with Crippen LogP contribution in [0.15, 0.2) is 187 Å². The van der Waals surface area contributed by atoms with Crippen molar-refractivity contribution in [1.29, 1.82) is 0 Å². The molecule has 0 fully saturated rings. The van der Waals surface area contributed by atoms with Crippen LogP contribution in [0, 0.1) is 0 Å². The lowest BCUT2D eigenvalue weighted by Crippen LogP contribution is -2.16. The molecule has 3 nitrogen and oxygen atoms in total. The van der Waals surface area contributed by atoms with E-state index < -0.39 is 0 Å². The molecule has 0 spiro atoms. The van der Waals surface area contributed by atoms with E-state index in [1.807, 2.05) is 29.7 Å². The summed E-state index contributed by atoms with van der Waals surface area (Å²) in [6.45, 7) is 4.71. The van der Waals surface area contributed by atoms with E-state index in [4.69, 9.17) is 4.42 Å². The summed E-state index contributed by atoms with van der Waals surface area (Å²) in [5.41, 5.74) is 12.2. The molecule has 0 amide bonds. The first-order valence-electron chi connectivity index (χ1n) is 20.6. The van der Waals surface area contributed by atoms with Gasteiger partial charge in [-0.2, -0.15) is 0 Å². The molecule has 0 aliphatic heterocycles. The monoisotopic (exact) mass is 784 g/mol. The third-order valence-electron chi connectivity index (χ3n) is 13.1. The maximum absolute atomic E-state index is 6.47. The molecule has 1 aliphatic carbocycles. The lowest BCUT2D eigenvalue weighted by Gasteiger charge is -2.28. The van der Waals surface area contributed by atoms with Crippen LogP contribution >= 0.6 is 11.3 Å². The molecule has 3 aromatic heterocycles. The van der Waals surface area contributed by atoms with Gasteiger partial charge in [-0.05, 0) is 146 Å². The summed E-state index contributed by atoms with van der Waals surface area (Å²) in [5.74, 6) is 0. The second-order valence-electron chi connectivity index (χ2n) is 16.7. The molecule has 0 N–H and O–H groups in total. The van der Waals surface area contributed by atoms with Crippen LogP contribution in [0.2, 0.25) is 0 Å². The number of benzene rings is 9. The number of hydrogen-bond acceptors (Lipinski definition) is 4. The molecule has 0 atom stereocenters. The van der Waals surface area contributed by atoms with Gasteiger partial charge in [0.1, 0.15) is 11.2 Å². The lowest BCUT2D eigenvalue weighted by atomic mass is 9.82. The normalized spacial score (nSPS) is 13.3. The number of aromatic nitrogens is 1. The standard InChI is InChI=1S/C56H36N2OS/c1-56(2)49-15-7-5-13-40(49)41-23-20-36(30-50(41)56)58(35-21-25-53-47(29-35)46-27-33(18-24-52(46)59-53)51-16-9-10-26-57-51)34-19-22-39-43(28-34)37-11-3-4-12-38(37)44-31-48-42-14-6-8-17-54(42)60-55(48)32-45(39)44/h3-32H,1-2H3. The summed E-state index contributed by atoms with van der Waals surface area (Å²) < 4.78 is 9.11. The molecule has 0 radical (unpaired) electrons. The van der Waals surface area contributed by atoms with Crippen molar-refractivity contribution < 1.29 is 4.42 Å². The fourth-order valence-electron chi connectivity index (χ4n) is 10.2. The van der Waals surface area contributed by atoms with Crippen molar-refractivity contribution >= 4 is 103 Å². The molecule has 0 unspecified atom stereocenters. The highest BCUT2D eigenvalue weighted by Gasteiger charge is 2.36. The van der Waals surface area contributed by atoms with E-state index in [9.17, 15) is 0 Å². The van der Waals surface area contributed by atoms with Gasteiger partial charge in [-0.25, -0.2) is 0 Å². The number of fused-ring (bicyclic) bond motifs is 15. The minimum Gasteiger partial charge on any atom is -0.456 e. The van der Waals surface area contributed by atoms with Crippen molar-refractivity contribution in [2.45, 2.75) is 19.3 Å². The Kier molecular flexibility index (Phi) is 6.94. The molecule has 1 aliphatic rings. The molecule has 9 aromatic carbocycles. The maximum atomic E-state index is 6.47. The topological polar surface area (TPSA) is 29.3 Å². The highest BCUT2D eigenvalue weighted by molar-refractivity contribution is 7.25. The van der Waals surface area contributed by atoms with Gasteiger partial charge in [0, 0.05) is 65.2 Å². The van der Waals surface area contributed by atoms with E-state index in [1.165, 1.54) is 74.7 Å². The molecule has 282 valence electrons. The number of rotatable bonds is 4. The van der Waals surface area contributed by atoms with Gasteiger partial charge in [0.15, 0.2) is 0 Å². The van der Waals surface area contributed by atoms with Crippen LogP contribution in [-0.4, -0.2) is 4.98 Å². The molecule has 13 rings (SSSR count). The van der Waals surface area contributed by atoms with Gasteiger partial charge >= 0.3 is 0 Å². The fraction of sp³-hybridized carbons (Fsp3) is 0.0536. The molecule has 4 heteroatoms. The third kappa shape index (κ3) is 4.80. The Morgan fingerprint density at radius 3 is 1.88 bits per heavy atom. The minimum absolute atomic E-state index is 0.142. The Bertz CT molecular complexity index is 3760. The average Bonchev–Trinajstić information content (AvgIpc) is 3.93. The zero-order chi connectivity index (χ0) is 39.7. The van der Waals surface area contributed by atoms with E-state index in [1.54, 1.807) is 0 Å². The molecule has 0 bridgehead atoms. The first-order chi connectivity index (χ1) is 29.5. The summed E-state index contributed by atoms with van der Waals surface area (Å²) in [4.78, 5) is 7.09. The first kappa shape index (κ1) is 33.7. The Labute approximate surface area is 350 Å². The van der Waals surface area contributed by atoms with Crippen LogP contribution in [-0.2, 0) is 5.41 Å². The van der Waals surface area contributed by atoms with E-state index in [-0.39, 0.29) is 5.41 Å². The summed E-state index contributed by atoms with van der Waals surface area (Å²) in [6.07, 6.45) is 1.85. The number of nitrogens with zero attached hydrogens (tertiary/aromatic N) is 2. The van der Waals surface area contributed by atoms with Gasteiger partial charge in [0.05, 0.1) is 5.69 Å². The zero-order valence-corrected chi connectivity index (χ0v) is 33.8. The smallest absolute Gasteiger partial charge is 0.135 e. The van der Waals surface area contributed by atoms with Crippen molar-refractivity contribution in [2.24, 2.45) is 0 Å². The largest absolute Gasteiger partial charge is 0.456 e. The van der Waals surface area contributed by atoms with Gasteiger partial charge < -0.3 is 9.32 Å². The van der Waals surface area contributed by atoms with Crippen LogP contribution in [0.1, 0.15) is 25.0 Å². The Balaban J connectivity index is 1.06. The molecule has 0 saturated carbocycles. The predicted octanol–water partition coefficient (Wildman–Crippen LogP) is 16.3. The molecule has 12 aromatic rings. The SMILES string of the molecule is CC1(C)c2ccccc2-c2ccc(N(c3ccc4oc5ccc(-c6ccccn6)cc5c4c3)c3ccc4c(c3)c3ccccc3c3cc5c(cc43)sc3ccccc35)cc21. The predicted molar refractivity (Wildman–Crippen MR) is 255 cm³/mol. The summed E-state index contributed by atoms with van der Waals surface area (Å²) in [5, 5.41) is 12.4. The van der Waals surface area contributed by atoms with Gasteiger partial charge in [0.25, 0.3) is 0 Å². The summed E-state index contributed by atoms with van der Waals surface area (Å²) in [6, 6.07) is 64.7. The van der Waals surface area contributed by atoms with Crippen LogP contribution in [0.4, 0.5) is 17.1 Å². The van der Waals surface area contributed by atoms with Gasteiger partial charge in [0.2, 0.25) is 0 Å². The molecular formula is C56H36N2OS. The molecule has 60 heavy (non-hydrogen) atoms. The van der Waals surface area contributed by atoms with Crippen LogP contribution < -0.4 is 4.90 Å². The molecule has 0 saturated heterocycles.